The average molecular weight is 352 g/mol. The molecule has 4 heteroatoms. The molecule has 1 heterocycles. The third kappa shape index (κ3) is 5.55. The molecule has 1 unspecified atom stereocenters. The van der Waals surface area contributed by atoms with Crippen LogP contribution < -0.4 is 0 Å². The van der Waals surface area contributed by atoms with Crippen molar-refractivity contribution in [2.45, 2.75) is 44.1 Å². The molecule has 0 saturated carbocycles. The van der Waals surface area contributed by atoms with Crippen molar-refractivity contribution in [3.05, 3.63) is 0 Å². The molecule has 0 N–H and O–H groups in total. The van der Waals surface area contributed by atoms with E-state index >= 15 is 0 Å². The molecule has 1 fully saturated rings. The lowest BCUT2D eigenvalue weighted by Crippen LogP contribution is -2.50. The van der Waals surface area contributed by atoms with Gasteiger partial charge in [0.1, 0.15) is 0 Å². The van der Waals surface area contributed by atoms with E-state index in [-0.39, 0.29) is 0 Å². The number of hydrogen-bond donors (Lipinski definition) is 0. The van der Waals surface area contributed by atoms with Crippen molar-refractivity contribution in [3.8, 4) is 0 Å². The van der Waals surface area contributed by atoms with Crippen molar-refractivity contribution in [1.29, 1.82) is 0 Å². The minimum atomic E-state index is 0.353. The van der Waals surface area contributed by atoms with Crippen LogP contribution in [0.3, 0.4) is 0 Å². The lowest BCUT2D eigenvalue weighted by atomic mass is 10.1. The van der Waals surface area contributed by atoms with Crippen LogP contribution in [-0.4, -0.2) is 45.9 Å². The molecular formula is C13H25IN2O. The molecule has 0 aromatic carbocycles. The summed E-state index contributed by atoms with van der Waals surface area (Å²) >= 11 is 2.44. The topological polar surface area (TPSA) is 23.6 Å². The van der Waals surface area contributed by atoms with Crippen molar-refractivity contribution in [3.63, 3.8) is 0 Å². The molecule has 0 aromatic rings. The van der Waals surface area contributed by atoms with Gasteiger partial charge in [0.15, 0.2) is 0 Å². The van der Waals surface area contributed by atoms with Gasteiger partial charge in [-0.2, -0.15) is 0 Å². The highest BCUT2D eigenvalue weighted by Gasteiger charge is 2.22. The lowest BCUT2D eigenvalue weighted by molar-refractivity contribution is -0.133. The van der Waals surface area contributed by atoms with Gasteiger partial charge in [0.25, 0.3) is 0 Å². The Morgan fingerprint density at radius 3 is 2.24 bits per heavy atom. The first-order chi connectivity index (χ1) is 8.00. The third-order valence-corrected chi connectivity index (χ3v) is 4.13. The van der Waals surface area contributed by atoms with Crippen LogP contribution in [0.5, 0.6) is 0 Å². The number of carbonyl (C=O) groups is 1. The highest BCUT2D eigenvalue weighted by Crippen LogP contribution is 2.13. The number of amides is 1. The highest BCUT2D eigenvalue weighted by atomic mass is 127. The number of halogens is 1. The molecule has 0 aromatic heterocycles. The predicted octanol–water partition coefficient (Wildman–Crippen LogP) is 2.74. The second-order valence-corrected chi connectivity index (χ2v) is 7.08. The van der Waals surface area contributed by atoms with Gasteiger partial charge in [-0.3, -0.25) is 9.69 Å². The first-order valence-electron chi connectivity index (χ1n) is 6.66. The van der Waals surface area contributed by atoms with Crippen molar-refractivity contribution in [2.75, 3.05) is 26.2 Å². The quantitative estimate of drug-likeness (QED) is 0.432. The standard InChI is InChI=1S/C13H25IN2O/c1-11(2)5-4-6-13(17)16-9-7-15(8-10-16)12(3)14/h11-12H,4-10H2,1-3H3. The van der Waals surface area contributed by atoms with Gasteiger partial charge < -0.3 is 4.90 Å². The Hall–Kier alpha value is 0.160. The molecule has 0 bridgehead atoms. The summed E-state index contributed by atoms with van der Waals surface area (Å²) in [7, 11) is 0. The summed E-state index contributed by atoms with van der Waals surface area (Å²) in [6.45, 7) is 10.5. The second-order valence-electron chi connectivity index (χ2n) is 5.28. The van der Waals surface area contributed by atoms with Gasteiger partial charge in [-0.25, -0.2) is 0 Å². The summed E-state index contributed by atoms with van der Waals surface area (Å²) in [6, 6.07) is 0. The van der Waals surface area contributed by atoms with Crippen molar-refractivity contribution in [1.82, 2.24) is 9.80 Å². The van der Waals surface area contributed by atoms with Crippen LogP contribution in [0, 0.1) is 5.92 Å². The Morgan fingerprint density at radius 1 is 1.18 bits per heavy atom. The zero-order chi connectivity index (χ0) is 12.8. The van der Waals surface area contributed by atoms with Gasteiger partial charge in [-0.15, -0.1) is 0 Å². The van der Waals surface area contributed by atoms with E-state index in [0.717, 1.165) is 45.4 Å². The van der Waals surface area contributed by atoms with E-state index in [2.05, 4.69) is 48.3 Å². The molecule has 100 valence electrons. The molecule has 1 aliphatic rings. The second kappa shape index (κ2) is 7.56. The van der Waals surface area contributed by atoms with E-state index < -0.39 is 0 Å². The van der Waals surface area contributed by atoms with Crippen LogP contribution in [-0.2, 0) is 4.79 Å². The fourth-order valence-electron chi connectivity index (χ4n) is 2.15. The van der Waals surface area contributed by atoms with E-state index in [9.17, 15) is 4.79 Å². The van der Waals surface area contributed by atoms with Crippen LogP contribution in [0.4, 0.5) is 0 Å². The first-order valence-corrected chi connectivity index (χ1v) is 7.91. The Labute approximate surface area is 119 Å². The van der Waals surface area contributed by atoms with Gasteiger partial charge in [-0.05, 0) is 19.3 Å². The maximum absolute atomic E-state index is 12.0. The molecule has 1 aliphatic heterocycles. The number of hydrogen-bond acceptors (Lipinski definition) is 2. The number of carbonyl (C=O) groups excluding carboxylic acids is 1. The molecule has 17 heavy (non-hydrogen) atoms. The monoisotopic (exact) mass is 352 g/mol. The maximum Gasteiger partial charge on any atom is 0.222 e. The Balaban J connectivity index is 2.21. The number of piperazine rings is 1. The highest BCUT2D eigenvalue weighted by molar-refractivity contribution is 14.1. The van der Waals surface area contributed by atoms with E-state index in [1.165, 1.54) is 0 Å². The Kier molecular flexibility index (Phi) is 6.77. The molecule has 1 atom stereocenters. The minimum Gasteiger partial charge on any atom is -0.340 e. The smallest absolute Gasteiger partial charge is 0.222 e. The van der Waals surface area contributed by atoms with Crippen molar-refractivity contribution >= 4 is 28.5 Å². The summed E-state index contributed by atoms with van der Waals surface area (Å²) in [5, 5.41) is 0. The lowest BCUT2D eigenvalue weighted by Gasteiger charge is -2.36. The molecule has 1 amide bonds. The fourth-order valence-corrected chi connectivity index (χ4v) is 2.70. The van der Waals surface area contributed by atoms with Crippen molar-refractivity contribution in [2.24, 2.45) is 5.92 Å². The zero-order valence-electron chi connectivity index (χ0n) is 11.3. The van der Waals surface area contributed by atoms with Crippen LogP contribution in [0.1, 0.15) is 40.0 Å². The van der Waals surface area contributed by atoms with E-state index in [0.29, 0.717) is 15.9 Å². The predicted molar refractivity (Wildman–Crippen MR) is 80.3 cm³/mol. The summed E-state index contributed by atoms with van der Waals surface area (Å²) in [5.41, 5.74) is 0. The SMILES string of the molecule is CC(C)CCCC(=O)N1CCN(C(C)I)CC1. The van der Waals surface area contributed by atoms with Gasteiger partial charge >= 0.3 is 0 Å². The molecular weight excluding hydrogens is 327 g/mol. The van der Waals surface area contributed by atoms with Gasteiger partial charge in [0.2, 0.25) is 5.91 Å². The number of nitrogens with zero attached hydrogens (tertiary/aromatic N) is 2. The first kappa shape index (κ1) is 15.2. The van der Waals surface area contributed by atoms with E-state index in [1.807, 2.05) is 4.90 Å². The Bertz CT molecular complexity index is 236. The maximum atomic E-state index is 12.0. The Morgan fingerprint density at radius 2 is 1.76 bits per heavy atom. The zero-order valence-corrected chi connectivity index (χ0v) is 13.4. The number of alkyl halides is 1. The largest absolute Gasteiger partial charge is 0.340 e. The van der Waals surface area contributed by atoms with Gasteiger partial charge in [0, 0.05) is 32.6 Å². The summed E-state index contributed by atoms with van der Waals surface area (Å²) < 4.78 is 0.575. The summed E-state index contributed by atoms with van der Waals surface area (Å²) in [4.78, 5) is 16.4. The summed E-state index contributed by atoms with van der Waals surface area (Å²) in [5.74, 6) is 1.06. The molecule has 1 saturated heterocycles. The van der Waals surface area contributed by atoms with Crippen molar-refractivity contribution < 1.29 is 4.79 Å². The van der Waals surface area contributed by atoms with E-state index in [4.69, 9.17) is 0 Å². The summed E-state index contributed by atoms with van der Waals surface area (Å²) in [6.07, 6.45) is 2.94. The molecule has 1 rings (SSSR count). The van der Waals surface area contributed by atoms with Gasteiger partial charge in [-0.1, -0.05) is 42.9 Å². The van der Waals surface area contributed by atoms with E-state index in [1.54, 1.807) is 0 Å². The normalized spacial score (nSPS) is 19.7. The van der Waals surface area contributed by atoms with Crippen LogP contribution >= 0.6 is 22.6 Å². The average Bonchev–Trinajstić information content (AvgIpc) is 2.28. The molecule has 3 nitrogen and oxygen atoms in total. The van der Waals surface area contributed by atoms with Gasteiger partial charge in [0.05, 0.1) is 4.05 Å². The van der Waals surface area contributed by atoms with Crippen LogP contribution in [0.25, 0.3) is 0 Å². The molecule has 0 radical (unpaired) electrons. The fraction of sp³-hybridized carbons (Fsp3) is 0.923. The third-order valence-electron chi connectivity index (χ3n) is 3.34. The molecule has 0 aliphatic carbocycles. The number of rotatable bonds is 5. The molecule has 0 spiro atoms. The van der Waals surface area contributed by atoms with Crippen LogP contribution in [0.15, 0.2) is 0 Å². The minimum absolute atomic E-state index is 0.353. The van der Waals surface area contributed by atoms with Crippen LogP contribution in [0.2, 0.25) is 0 Å².